The van der Waals surface area contributed by atoms with Gasteiger partial charge in [0, 0.05) is 11.1 Å². The second-order valence-electron chi connectivity index (χ2n) is 3.64. The molecule has 0 atom stereocenters. The van der Waals surface area contributed by atoms with E-state index in [0.29, 0.717) is 12.1 Å². The van der Waals surface area contributed by atoms with Gasteiger partial charge in [0.1, 0.15) is 5.82 Å². The first-order chi connectivity index (χ1) is 8.91. The Balaban J connectivity index is 2.67. The molecule has 0 aliphatic heterocycles. The highest BCUT2D eigenvalue weighted by Crippen LogP contribution is 2.31. The second-order valence-corrected chi connectivity index (χ2v) is 3.64. The lowest BCUT2D eigenvalue weighted by Gasteiger charge is -2.06. The van der Waals surface area contributed by atoms with Gasteiger partial charge in [0.25, 0.3) is 0 Å². The Bertz CT molecular complexity index is 673. The third-order valence-corrected chi connectivity index (χ3v) is 2.47. The minimum Gasteiger partial charge on any atom is -0.258 e. The van der Waals surface area contributed by atoms with Gasteiger partial charge in [-0.05, 0) is 12.1 Å². The molecule has 0 aliphatic rings. The van der Waals surface area contributed by atoms with Crippen LogP contribution in [0.25, 0.3) is 11.1 Å². The van der Waals surface area contributed by atoms with E-state index in [9.17, 15) is 27.7 Å². The van der Waals surface area contributed by atoms with Gasteiger partial charge >= 0.3 is 5.69 Å². The number of hydrogen-bond acceptors (Lipinski definition) is 2. The monoisotopic (exact) mass is 271 g/mol. The van der Waals surface area contributed by atoms with Crippen molar-refractivity contribution in [3.8, 4) is 11.1 Å². The van der Waals surface area contributed by atoms with Crippen molar-refractivity contribution in [3.05, 3.63) is 63.7 Å². The van der Waals surface area contributed by atoms with Crippen LogP contribution in [0.2, 0.25) is 0 Å². The van der Waals surface area contributed by atoms with Crippen LogP contribution < -0.4 is 0 Å². The van der Waals surface area contributed by atoms with E-state index in [2.05, 4.69) is 0 Å². The summed E-state index contributed by atoms with van der Waals surface area (Å²) in [5.41, 5.74) is -2.16. The number of benzene rings is 2. The molecule has 2 aromatic carbocycles. The van der Waals surface area contributed by atoms with E-state index in [1.165, 1.54) is 0 Å². The van der Waals surface area contributed by atoms with Gasteiger partial charge in [-0.25, -0.2) is 13.2 Å². The molecule has 0 aromatic heterocycles. The number of nitro groups is 1. The highest BCUT2D eigenvalue weighted by molar-refractivity contribution is 5.66. The third kappa shape index (κ3) is 2.26. The predicted octanol–water partition coefficient (Wildman–Crippen LogP) is 3.82. The lowest BCUT2D eigenvalue weighted by Crippen LogP contribution is -1.97. The summed E-state index contributed by atoms with van der Waals surface area (Å²) in [4.78, 5) is 9.30. The van der Waals surface area contributed by atoms with Crippen molar-refractivity contribution in [2.45, 2.75) is 0 Å². The van der Waals surface area contributed by atoms with Crippen molar-refractivity contribution < 1.29 is 22.5 Å². The van der Waals surface area contributed by atoms with Crippen LogP contribution in [0.5, 0.6) is 0 Å². The minimum atomic E-state index is -1.35. The molecule has 0 saturated carbocycles. The van der Waals surface area contributed by atoms with Crippen molar-refractivity contribution in [1.82, 2.24) is 0 Å². The first kappa shape index (κ1) is 13.0. The van der Waals surface area contributed by atoms with E-state index < -0.39 is 45.0 Å². The molecule has 0 fully saturated rings. The summed E-state index contributed by atoms with van der Waals surface area (Å²) in [6, 6.07) is 3.77. The van der Waals surface area contributed by atoms with Gasteiger partial charge in [-0.3, -0.25) is 10.1 Å². The van der Waals surface area contributed by atoms with Crippen molar-refractivity contribution in [2.24, 2.45) is 0 Å². The van der Waals surface area contributed by atoms with Crippen LogP contribution >= 0.6 is 0 Å². The highest BCUT2D eigenvalue weighted by Gasteiger charge is 2.21. The Hall–Kier alpha value is -2.44. The summed E-state index contributed by atoms with van der Waals surface area (Å²) in [5.74, 6) is -5.12. The van der Waals surface area contributed by atoms with Gasteiger partial charge in [-0.2, -0.15) is 4.39 Å². The van der Waals surface area contributed by atoms with Gasteiger partial charge in [-0.1, -0.05) is 12.1 Å². The Morgan fingerprint density at radius 2 is 1.58 bits per heavy atom. The molecule has 0 bridgehead atoms. The number of hydrogen-bond donors (Lipinski definition) is 0. The van der Waals surface area contributed by atoms with Gasteiger partial charge in [0.2, 0.25) is 5.82 Å². The van der Waals surface area contributed by atoms with Gasteiger partial charge < -0.3 is 0 Å². The van der Waals surface area contributed by atoms with E-state index in [-0.39, 0.29) is 0 Å². The fourth-order valence-corrected chi connectivity index (χ4v) is 1.59. The fourth-order valence-electron chi connectivity index (χ4n) is 1.59. The molecule has 0 heterocycles. The summed E-state index contributed by atoms with van der Waals surface area (Å²) < 4.78 is 53.5. The van der Waals surface area contributed by atoms with Crippen LogP contribution in [0.1, 0.15) is 0 Å². The largest absolute Gasteiger partial charge is 0.307 e. The van der Waals surface area contributed by atoms with Crippen LogP contribution in [-0.4, -0.2) is 4.92 Å². The molecule has 19 heavy (non-hydrogen) atoms. The molecule has 0 saturated heterocycles. The average molecular weight is 271 g/mol. The maximum Gasteiger partial charge on any atom is 0.307 e. The molecule has 0 radical (unpaired) electrons. The lowest BCUT2D eigenvalue weighted by atomic mass is 10.0. The molecule has 0 spiro atoms. The van der Waals surface area contributed by atoms with E-state index in [4.69, 9.17) is 0 Å². The van der Waals surface area contributed by atoms with Crippen LogP contribution in [0.3, 0.4) is 0 Å². The van der Waals surface area contributed by atoms with Crippen molar-refractivity contribution >= 4 is 5.69 Å². The zero-order valence-electron chi connectivity index (χ0n) is 9.16. The summed E-state index contributed by atoms with van der Waals surface area (Å²) in [7, 11) is 0. The van der Waals surface area contributed by atoms with Crippen LogP contribution in [0.4, 0.5) is 23.2 Å². The Kier molecular flexibility index (Phi) is 3.20. The molecular formula is C12H5F4NO2. The number of halogens is 4. The summed E-state index contributed by atoms with van der Waals surface area (Å²) in [6.45, 7) is 0. The smallest absolute Gasteiger partial charge is 0.258 e. The van der Waals surface area contributed by atoms with E-state index in [1.807, 2.05) is 0 Å². The zero-order chi connectivity index (χ0) is 14.2. The predicted molar refractivity (Wildman–Crippen MR) is 58.4 cm³/mol. The number of nitro benzene ring substituents is 1. The molecule has 0 unspecified atom stereocenters. The third-order valence-electron chi connectivity index (χ3n) is 2.47. The Morgan fingerprint density at radius 1 is 0.895 bits per heavy atom. The minimum absolute atomic E-state index is 0.328. The molecule has 2 rings (SSSR count). The molecule has 2 aromatic rings. The van der Waals surface area contributed by atoms with Gasteiger partial charge in [0.05, 0.1) is 11.0 Å². The molecule has 98 valence electrons. The molecule has 0 amide bonds. The number of nitrogens with zero attached hydrogens (tertiary/aromatic N) is 1. The molecular weight excluding hydrogens is 266 g/mol. The maximum atomic E-state index is 13.6. The maximum absolute atomic E-state index is 13.6. The highest BCUT2D eigenvalue weighted by atomic mass is 19.2. The summed E-state index contributed by atoms with van der Waals surface area (Å²) in [5, 5.41) is 10.4. The zero-order valence-corrected chi connectivity index (χ0v) is 9.16. The molecule has 0 N–H and O–H groups in total. The van der Waals surface area contributed by atoms with Gasteiger partial charge in [-0.15, -0.1) is 0 Å². The van der Waals surface area contributed by atoms with E-state index in [0.717, 1.165) is 18.2 Å². The first-order valence-electron chi connectivity index (χ1n) is 4.99. The standard InChI is InChI=1S/C12H5F4NO2/c13-8-3-1-2-6(12(8)16)7-4-10(15)11(17(18)19)5-9(7)14/h1-5H. The number of rotatable bonds is 2. The summed E-state index contributed by atoms with van der Waals surface area (Å²) >= 11 is 0. The second kappa shape index (κ2) is 4.68. The van der Waals surface area contributed by atoms with Crippen LogP contribution in [-0.2, 0) is 0 Å². The Labute approximate surface area is 104 Å². The van der Waals surface area contributed by atoms with Crippen molar-refractivity contribution in [2.75, 3.05) is 0 Å². The summed E-state index contributed by atoms with van der Waals surface area (Å²) in [6.07, 6.45) is 0. The molecule has 3 nitrogen and oxygen atoms in total. The first-order valence-corrected chi connectivity index (χ1v) is 4.99. The van der Waals surface area contributed by atoms with E-state index in [1.54, 1.807) is 0 Å². The normalized spacial score (nSPS) is 10.5. The SMILES string of the molecule is O=[N+]([O-])c1cc(F)c(-c2cccc(F)c2F)cc1F. The fraction of sp³-hybridized carbons (Fsp3) is 0. The molecule has 0 aliphatic carbocycles. The van der Waals surface area contributed by atoms with Crippen molar-refractivity contribution in [3.63, 3.8) is 0 Å². The van der Waals surface area contributed by atoms with E-state index >= 15 is 0 Å². The lowest BCUT2D eigenvalue weighted by molar-refractivity contribution is -0.387. The van der Waals surface area contributed by atoms with Crippen molar-refractivity contribution in [1.29, 1.82) is 0 Å². The average Bonchev–Trinajstić information content (AvgIpc) is 2.35. The topological polar surface area (TPSA) is 43.1 Å². The quantitative estimate of drug-likeness (QED) is 0.473. The Morgan fingerprint density at radius 3 is 2.21 bits per heavy atom. The van der Waals surface area contributed by atoms with Crippen LogP contribution in [0, 0.1) is 33.4 Å². The van der Waals surface area contributed by atoms with Gasteiger partial charge in [0.15, 0.2) is 11.6 Å². The van der Waals surface area contributed by atoms with Crippen LogP contribution in [0.15, 0.2) is 30.3 Å². The molecule has 7 heteroatoms.